The van der Waals surface area contributed by atoms with Crippen molar-refractivity contribution >= 4 is 11.3 Å². The molecule has 2 N–H and O–H groups in total. The summed E-state index contributed by atoms with van der Waals surface area (Å²) in [5.74, 6) is 0. The van der Waals surface area contributed by atoms with Crippen LogP contribution in [0.5, 0.6) is 0 Å². The highest BCUT2D eigenvalue weighted by molar-refractivity contribution is 7.10. The van der Waals surface area contributed by atoms with Crippen molar-refractivity contribution in [3.63, 3.8) is 0 Å². The highest BCUT2D eigenvalue weighted by Crippen LogP contribution is 2.31. The predicted molar refractivity (Wildman–Crippen MR) is 88.3 cm³/mol. The van der Waals surface area contributed by atoms with E-state index in [-0.39, 0.29) is 6.04 Å². The van der Waals surface area contributed by atoms with Gasteiger partial charge in [-0.1, -0.05) is 26.8 Å². The van der Waals surface area contributed by atoms with Crippen LogP contribution in [0.25, 0.3) is 0 Å². The van der Waals surface area contributed by atoms with Gasteiger partial charge in [-0.3, -0.25) is 4.90 Å². The molecule has 0 aliphatic rings. The molecule has 0 amide bonds. The topological polar surface area (TPSA) is 38.5 Å². The summed E-state index contributed by atoms with van der Waals surface area (Å²) in [4.78, 5) is 3.94. The lowest BCUT2D eigenvalue weighted by atomic mass is 9.99. The first-order valence-electron chi connectivity index (χ1n) is 7.73. The molecule has 2 atom stereocenters. The molecular weight excluding hydrogens is 268 g/mol. The average Bonchev–Trinajstić information content (AvgIpc) is 2.99. The largest absolute Gasteiger partial charge is 0.383 e. The summed E-state index contributed by atoms with van der Waals surface area (Å²) < 4.78 is 5.31. The monoisotopic (exact) mass is 298 g/mol. The van der Waals surface area contributed by atoms with Crippen molar-refractivity contribution in [1.29, 1.82) is 0 Å². The molecule has 0 radical (unpaired) electrons. The Kier molecular flexibility index (Phi) is 8.38. The molecule has 0 aromatic carbocycles. The summed E-state index contributed by atoms with van der Waals surface area (Å²) >= 11 is 1.81. The normalized spacial score (nSPS) is 14.9. The first-order chi connectivity index (χ1) is 9.69. The van der Waals surface area contributed by atoms with Crippen molar-refractivity contribution in [2.45, 2.75) is 58.2 Å². The van der Waals surface area contributed by atoms with Crippen LogP contribution in [-0.2, 0) is 4.74 Å². The Hall–Kier alpha value is -0.420. The van der Waals surface area contributed by atoms with E-state index in [0.717, 1.165) is 32.4 Å². The van der Waals surface area contributed by atoms with E-state index in [1.54, 1.807) is 7.11 Å². The molecule has 0 fully saturated rings. The number of nitrogens with two attached hydrogens (primary N) is 1. The molecule has 0 saturated heterocycles. The van der Waals surface area contributed by atoms with Gasteiger partial charge < -0.3 is 10.5 Å². The SMILES string of the molecule is CCC(N)C(c1cccs1)N(CCOC)C(CC)CC. The summed E-state index contributed by atoms with van der Waals surface area (Å²) in [7, 11) is 1.77. The highest BCUT2D eigenvalue weighted by Gasteiger charge is 2.30. The van der Waals surface area contributed by atoms with Crippen molar-refractivity contribution in [2.75, 3.05) is 20.3 Å². The number of ether oxygens (including phenoxy) is 1. The van der Waals surface area contributed by atoms with E-state index in [1.807, 2.05) is 11.3 Å². The fourth-order valence-corrected chi connectivity index (χ4v) is 3.73. The highest BCUT2D eigenvalue weighted by atomic mass is 32.1. The summed E-state index contributed by atoms with van der Waals surface area (Å²) in [5.41, 5.74) is 6.45. The quantitative estimate of drug-likeness (QED) is 0.716. The van der Waals surface area contributed by atoms with Crippen LogP contribution in [-0.4, -0.2) is 37.2 Å². The van der Waals surface area contributed by atoms with Crippen molar-refractivity contribution in [2.24, 2.45) is 5.73 Å². The fourth-order valence-electron chi connectivity index (χ4n) is 2.81. The Bertz CT molecular complexity index is 338. The van der Waals surface area contributed by atoms with Gasteiger partial charge in [0.25, 0.3) is 0 Å². The third-order valence-corrected chi connectivity index (χ3v) is 4.98. The van der Waals surface area contributed by atoms with E-state index in [4.69, 9.17) is 10.5 Å². The van der Waals surface area contributed by atoms with Crippen molar-refractivity contribution in [1.82, 2.24) is 4.90 Å². The van der Waals surface area contributed by atoms with Crippen LogP contribution in [0.3, 0.4) is 0 Å². The van der Waals surface area contributed by atoms with Gasteiger partial charge in [-0.15, -0.1) is 11.3 Å². The number of nitrogens with zero attached hydrogens (tertiary/aromatic N) is 1. The van der Waals surface area contributed by atoms with Crippen LogP contribution in [0.2, 0.25) is 0 Å². The van der Waals surface area contributed by atoms with Gasteiger partial charge in [-0.25, -0.2) is 0 Å². The number of rotatable bonds is 10. The molecule has 0 saturated carbocycles. The standard InChI is InChI=1S/C16H30N2OS/c1-5-13(6-2)18(10-11-19-4)16(14(17)7-3)15-9-8-12-20-15/h8-9,12-14,16H,5-7,10-11,17H2,1-4H3. The number of hydrogen-bond donors (Lipinski definition) is 1. The minimum Gasteiger partial charge on any atom is -0.383 e. The zero-order chi connectivity index (χ0) is 15.0. The molecule has 20 heavy (non-hydrogen) atoms. The average molecular weight is 298 g/mol. The van der Waals surface area contributed by atoms with Crippen LogP contribution in [0.15, 0.2) is 17.5 Å². The zero-order valence-corrected chi connectivity index (χ0v) is 14.2. The first-order valence-corrected chi connectivity index (χ1v) is 8.61. The molecule has 1 heterocycles. The summed E-state index contributed by atoms with van der Waals surface area (Å²) in [6.45, 7) is 8.40. The minimum atomic E-state index is 0.172. The molecule has 4 heteroatoms. The number of thiophene rings is 1. The Morgan fingerprint density at radius 2 is 1.95 bits per heavy atom. The van der Waals surface area contributed by atoms with Gasteiger partial charge in [0.15, 0.2) is 0 Å². The third kappa shape index (κ3) is 4.55. The molecule has 0 spiro atoms. The molecule has 1 aromatic rings. The second-order valence-corrected chi connectivity index (χ2v) is 6.21. The van der Waals surface area contributed by atoms with E-state index in [2.05, 4.69) is 43.2 Å². The zero-order valence-electron chi connectivity index (χ0n) is 13.3. The summed E-state index contributed by atoms with van der Waals surface area (Å²) in [6, 6.07) is 5.38. The molecular formula is C16H30N2OS. The predicted octanol–water partition coefficient (Wildman–Crippen LogP) is 3.66. The molecule has 0 bridgehead atoms. The third-order valence-electron chi connectivity index (χ3n) is 4.03. The molecule has 116 valence electrons. The smallest absolute Gasteiger partial charge is 0.0596 e. The second kappa shape index (κ2) is 9.50. The van der Waals surface area contributed by atoms with Crippen molar-refractivity contribution < 1.29 is 4.74 Å². The second-order valence-electron chi connectivity index (χ2n) is 5.23. The van der Waals surface area contributed by atoms with Gasteiger partial charge >= 0.3 is 0 Å². The van der Waals surface area contributed by atoms with Crippen molar-refractivity contribution in [3.05, 3.63) is 22.4 Å². The van der Waals surface area contributed by atoms with E-state index in [0.29, 0.717) is 12.1 Å². The van der Waals surface area contributed by atoms with E-state index >= 15 is 0 Å². The number of hydrogen-bond acceptors (Lipinski definition) is 4. The van der Waals surface area contributed by atoms with Crippen LogP contribution in [0.4, 0.5) is 0 Å². The maximum absolute atomic E-state index is 6.45. The Morgan fingerprint density at radius 1 is 1.25 bits per heavy atom. The lowest BCUT2D eigenvalue weighted by Crippen LogP contribution is -2.46. The maximum Gasteiger partial charge on any atom is 0.0596 e. The first kappa shape index (κ1) is 17.6. The number of methoxy groups -OCH3 is 1. The Balaban J connectivity index is 3.02. The van der Waals surface area contributed by atoms with Crippen LogP contribution >= 0.6 is 11.3 Å². The van der Waals surface area contributed by atoms with Crippen LogP contribution in [0.1, 0.15) is 51.0 Å². The fraction of sp³-hybridized carbons (Fsp3) is 0.750. The van der Waals surface area contributed by atoms with Crippen LogP contribution < -0.4 is 5.73 Å². The Morgan fingerprint density at radius 3 is 2.40 bits per heavy atom. The molecule has 1 aromatic heterocycles. The van der Waals surface area contributed by atoms with Gasteiger partial charge in [0, 0.05) is 30.6 Å². The molecule has 3 nitrogen and oxygen atoms in total. The molecule has 0 aliphatic carbocycles. The molecule has 1 rings (SSSR count). The summed E-state index contributed by atoms with van der Waals surface area (Å²) in [5, 5.41) is 2.14. The lowest BCUT2D eigenvalue weighted by Gasteiger charge is -2.39. The lowest BCUT2D eigenvalue weighted by molar-refractivity contribution is 0.0686. The molecule has 2 unspecified atom stereocenters. The van der Waals surface area contributed by atoms with Gasteiger partial charge in [-0.2, -0.15) is 0 Å². The van der Waals surface area contributed by atoms with Gasteiger partial charge in [0.2, 0.25) is 0 Å². The maximum atomic E-state index is 6.45. The van der Waals surface area contributed by atoms with E-state index < -0.39 is 0 Å². The Labute approximate surface area is 128 Å². The summed E-state index contributed by atoms with van der Waals surface area (Å²) in [6.07, 6.45) is 3.29. The van der Waals surface area contributed by atoms with E-state index in [1.165, 1.54) is 4.88 Å². The van der Waals surface area contributed by atoms with Crippen molar-refractivity contribution in [3.8, 4) is 0 Å². The minimum absolute atomic E-state index is 0.172. The van der Waals surface area contributed by atoms with Gasteiger partial charge in [0.1, 0.15) is 0 Å². The van der Waals surface area contributed by atoms with Gasteiger partial charge in [-0.05, 0) is 30.7 Å². The molecule has 0 aliphatic heterocycles. The van der Waals surface area contributed by atoms with Crippen LogP contribution in [0, 0.1) is 0 Å². The van der Waals surface area contributed by atoms with E-state index in [9.17, 15) is 0 Å². The van der Waals surface area contributed by atoms with Gasteiger partial charge in [0.05, 0.1) is 12.6 Å².